The summed E-state index contributed by atoms with van der Waals surface area (Å²) in [6.45, 7) is 3.53. The lowest BCUT2D eigenvalue weighted by molar-refractivity contribution is 0.102. The first kappa shape index (κ1) is 23.8. The standard InChI is InChI=1S/C24H25N3O5S/c1-16-9-10-17(2)22(15-16)33(30,31)26-21-8-6-5-7-20(21)23(28)25-18-11-13-19(14-12-18)27(3)24(29)32-4/h5-15,26H,1-4H3,(H,25,28). The van der Waals surface area contributed by atoms with E-state index >= 15 is 0 Å². The Morgan fingerprint density at radius 3 is 2.27 bits per heavy atom. The van der Waals surface area contributed by atoms with Gasteiger partial charge in [-0.3, -0.25) is 14.4 Å². The van der Waals surface area contributed by atoms with Gasteiger partial charge in [-0.1, -0.05) is 24.3 Å². The van der Waals surface area contributed by atoms with Crippen LogP contribution in [0, 0.1) is 13.8 Å². The van der Waals surface area contributed by atoms with Gasteiger partial charge in [0, 0.05) is 18.4 Å². The Balaban J connectivity index is 1.82. The molecular weight excluding hydrogens is 442 g/mol. The normalized spacial score (nSPS) is 10.9. The van der Waals surface area contributed by atoms with E-state index in [0.717, 1.165) is 5.56 Å². The minimum Gasteiger partial charge on any atom is -0.452 e. The van der Waals surface area contributed by atoms with E-state index in [1.807, 2.05) is 13.0 Å². The molecule has 0 atom stereocenters. The number of aryl methyl sites for hydroxylation is 2. The van der Waals surface area contributed by atoms with Crippen molar-refractivity contribution in [1.82, 2.24) is 0 Å². The lowest BCUT2D eigenvalue weighted by atomic mass is 10.1. The molecule has 0 heterocycles. The molecule has 0 unspecified atom stereocenters. The van der Waals surface area contributed by atoms with E-state index in [2.05, 4.69) is 14.8 Å². The Hall–Kier alpha value is -3.85. The van der Waals surface area contributed by atoms with Crippen molar-refractivity contribution >= 4 is 39.1 Å². The molecule has 0 saturated heterocycles. The summed E-state index contributed by atoms with van der Waals surface area (Å²) >= 11 is 0. The van der Waals surface area contributed by atoms with E-state index in [1.54, 1.807) is 62.5 Å². The summed E-state index contributed by atoms with van der Waals surface area (Å²) in [7, 11) is -1.04. The van der Waals surface area contributed by atoms with Gasteiger partial charge in [-0.05, 0) is 67.4 Å². The molecule has 0 aliphatic heterocycles. The van der Waals surface area contributed by atoms with Crippen molar-refractivity contribution < 1.29 is 22.7 Å². The van der Waals surface area contributed by atoms with Gasteiger partial charge in [0.05, 0.1) is 23.3 Å². The van der Waals surface area contributed by atoms with Crippen molar-refractivity contribution in [3.8, 4) is 0 Å². The molecule has 0 saturated carbocycles. The maximum absolute atomic E-state index is 13.0. The first-order chi connectivity index (χ1) is 15.6. The smallest absolute Gasteiger partial charge is 0.413 e. The van der Waals surface area contributed by atoms with Crippen molar-refractivity contribution in [3.05, 3.63) is 83.4 Å². The molecule has 3 rings (SSSR count). The van der Waals surface area contributed by atoms with Crippen LogP contribution in [0.2, 0.25) is 0 Å². The Bertz CT molecular complexity index is 1290. The van der Waals surface area contributed by atoms with Crippen LogP contribution in [-0.4, -0.2) is 34.6 Å². The molecule has 9 heteroatoms. The third kappa shape index (κ3) is 5.50. The highest BCUT2D eigenvalue weighted by atomic mass is 32.2. The van der Waals surface area contributed by atoms with Gasteiger partial charge in [0.15, 0.2) is 0 Å². The number of rotatable bonds is 6. The van der Waals surface area contributed by atoms with Crippen LogP contribution in [0.15, 0.2) is 71.6 Å². The minimum atomic E-state index is -3.90. The molecule has 2 N–H and O–H groups in total. The third-order valence-electron chi connectivity index (χ3n) is 5.01. The molecule has 8 nitrogen and oxygen atoms in total. The zero-order chi connectivity index (χ0) is 24.2. The summed E-state index contributed by atoms with van der Waals surface area (Å²) in [5.41, 5.74) is 2.82. The van der Waals surface area contributed by atoms with Gasteiger partial charge in [-0.2, -0.15) is 0 Å². The number of hydrogen-bond acceptors (Lipinski definition) is 5. The Morgan fingerprint density at radius 1 is 0.939 bits per heavy atom. The SMILES string of the molecule is COC(=O)N(C)c1ccc(NC(=O)c2ccccc2NS(=O)(=O)c2cc(C)ccc2C)cc1. The second-order valence-electron chi connectivity index (χ2n) is 7.45. The van der Waals surface area contributed by atoms with Crippen molar-refractivity contribution in [2.75, 3.05) is 29.1 Å². The van der Waals surface area contributed by atoms with E-state index in [1.165, 1.54) is 24.1 Å². The number of sulfonamides is 1. The van der Waals surface area contributed by atoms with Gasteiger partial charge >= 0.3 is 6.09 Å². The van der Waals surface area contributed by atoms with Crippen LogP contribution in [0.25, 0.3) is 0 Å². The molecule has 2 amide bonds. The number of benzene rings is 3. The topological polar surface area (TPSA) is 105 Å². The molecular formula is C24H25N3O5S. The maximum atomic E-state index is 13.0. The average Bonchev–Trinajstić information content (AvgIpc) is 2.80. The molecule has 0 bridgehead atoms. The number of anilines is 3. The molecule has 0 aromatic heterocycles. The predicted octanol–water partition coefficient (Wildman–Crippen LogP) is 4.56. The molecule has 0 radical (unpaired) electrons. The first-order valence-corrected chi connectivity index (χ1v) is 11.5. The average molecular weight is 468 g/mol. The zero-order valence-corrected chi connectivity index (χ0v) is 19.6. The van der Waals surface area contributed by atoms with Gasteiger partial charge in [0.1, 0.15) is 0 Å². The molecule has 3 aromatic rings. The summed E-state index contributed by atoms with van der Waals surface area (Å²) in [6.07, 6.45) is -0.517. The number of nitrogens with one attached hydrogen (secondary N) is 2. The summed E-state index contributed by atoms with van der Waals surface area (Å²) in [6, 6.07) is 18.1. The molecule has 0 spiro atoms. The number of carbonyl (C=O) groups excluding carboxylic acids is 2. The lowest BCUT2D eigenvalue weighted by Crippen LogP contribution is -2.25. The van der Waals surface area contributed by atoms with Crippen molar-refractivity contribution in [2.24, 2.45) is 0 Å². The molecule has 0 aliphatic rings. The van der Waals surface area contributed by atoms with Crippen molar-refractivity contribution in [1.29, 1.82) is 0 Å². The third-order valence-corrected chi connectivity index (χ3v) is 6.52. The second kappa shape index (κ2) is 9.74. The fourth-order valence-electron chi connectivity index (χ4n) is 3.18. The van der Waals surface area contributed by atoms with Crippen LogP contribution in [-0.2, 0) is 14.8 Å². The molecule has 0 aliphatic carbocycles. The van der Waals surface area contributed by atoms with E-state index < -0.39 is 22.0 Å². The molecule has 0 fully saturated rings. The predicted molar refractivity (Wildman–Crippen MR) is 128 cm³/mol. The summed E-state index contributed by atoms with van der Waals surface area (Å²) < 4.78 is 33.2. The summed E-state index contributed by atoms with van der Waals surface area (Å²) in [4.78, 5) is 26.0. The van der Waals surface area contributed by atoms with Gasteiger partial charge in [-0.25, -0.2) is 13.2 Å². The monoisotopic (exact) mass is 467 g/mol. The zero-order valence-electron chi connectivity index (χ0n) is 18.7. The maximum Gasteiger partial charge on any atom is 0.413 e. The van der Waals surface area contributed by atoms with Crippen molar-refractivity contribution in [2.45, 2.75) is 18.7 Å². The quantitative estimate of drug-likeness (QED) is 0.553. The van der Waals surface area contributed by atoms with Crippen LogP contribution >= 0.6 is 0 Å². The van der Waals surface area contributed by atoms with E-state index in [9.17, 15) is 18.0 Å². The number of amides is 2. The highest BCUT2D eigenvalue weighted by Gasteiger charge is 2.21. The lowest BCUT2D eigenvalue weighted by Gasteiger charge is -2.16. The Morgan fingerprint density at radius 2 is 1.61 bits per heavy atom. The van der Waals surface area contributed by atoms with E-state index in [4.69, 9.17) is 0 Å². The second-order valence-corrected chi connectivity index (χ2v) is 9.10. The summed E-state index contributed by atoms with van der Waals surface area (Å²) in [5, 5.41) is 2.75. The molecule has 172 valence electrons. The summed E-state index contributed by atoms with van der Waals surface area (Å²) in [5.74, 6) is -0.483. The Labute approximate surface area is 193 Å². The number of hydrogen-bond donors (Lipinski definition) is 2. The number of nitrogens with zero attached hydrogens (tertiary/aromatic N) is 1. The van der Waals surface area contributed by atoms with Crippen LogP contribution in [0.3, 0.4) is 0 Å². The number of methoxy groups -OCH3 is 1. The van der Waals surface area contributed by atoms with Crippen molar-refractivity contribution in [3.63, 3.8) is 0 Å². The fourth-order valence-corrected chi connectivity index (χ4v) is 4.59. The van der Waals surface area contributed by atoms with Gasteiger partial charge in [0.2, 0.25) is 0 Å². The highest BCUT2D eigenvalue weighted by Crippen LogP contribution is 2.24. The van der Waals surface area contributed by atoms with Gasteiger partial charge < -0.3 is 10.1 Å². The van der Waals surface area contributed by atoms with Crippen LogP contribution in [0.1, 0.15) is 21.5 Å². The number of ether oxygens (including phenoxy) is 1. The first-order valence-electron chi connectivity index (χ1n) is 10.0. The van der Waals surface area contributed by atoms with E-state index in [-0.39, 0.29) is 16.1 Å². The highest BCUT2D eigenvalue weighted by molar-refractivity contribution is 7.92. The molecule has 3 aromatic carbocycles. The number of para-hydroxylation sites is 1. The van der Waals surface area contributed by atoms with E-state index in [0.29, 0.717) is 16.9 Å². The largest absolute Gasteiger partial charge is 0.452 e. The Kier molecular flexibility index (Phi) is 7.03. The van der Waals surface area contributed by atoms with Crippen LogP contribution in [0.5, 0.6) is 0 Å². The van der Waals surface area contributed by atoms with Crippen LogP contribution < -0.4 is 14.9 Å². The van der Waals surface area contributed by atoms with Gasteiger partial charge in [0.25, 0.3) is 15.9 Å². The fraction of sp³-hybridized carbons (Fsp3) is 0.167. The number of carbonyl (C=O) groups is 2. The van der Waals surface area contributed by atoms with Gasteiger partial charge in [-0.15, -0.1) is 0 Å². The minimum absolute atomic E-state index is 0.156. The molecule has 33 heavy (non-hydrogen) atoms. The van der Waals surface area contributed by atoms with Crippen LogP contribution in [0.4, 0.5) is 21.9 Å².